The number of benzene rings is 1. The molecule has 1 aromatic rings. The highest BCUT2D eigenvalue weighted by Crippen LogP contribution is 2.21. The van der Waals surface area contributed by atoms with Gasteiger partial charge >= 0.3 is 0 Å². The van der Waals surface area contributed by atoms with Crippen LogP contribution in [0.4, 0.5) is 5.69 Å². The van der Waals surface area contributed by atoms with Crippen molar-refractivity contribution in [3.05, 3.63) is 29.3 Å². The van der Waals surface area contributed by atoms with Crippen molar-refractivity contribution in [3.8, 4) is 6.07 Å². The van der Waals surface area contributed by atoms with Gasteiger partial charge in [-0.1, -0.05) is 13.8 Å². The van der Waals surface area contributed by atoms with Crippen molar-refractivity contribution in [1.29, 1.82) is 5.26 Å². The fourth-order valence-electron chi connectivity index (χ4n) is 2.09. The summed E-state index contributed by atoms with van der Waals surface area (Å²) in [5.41, 5.74) is 3.00. The zero-order chi connectivity index (χ0) is 13.0. The van der Waals surface area contributed by atoms with E-state index in [0.29, 0.717) is 12.0 Å². The minimum absolute atomic E-state index is 0.516. The summed E-state index contributed by atoms with van der Waals surface area (Å²) >= 11 is 0. The van der Waals surface area contributed by atoms with E-state index in [0.717, 1.165) is 11.1 Å². The predicted molar refractivity (Wildman–Crippen MR) is 73.2 cm³/mol. The summed E-state index contributed by atoms with van der Waals surface area (Å²) in [6.07, 6.45) is 1.18. The number of rotatable bonds is 4. The molecule has 0 heterocycles. The maximum Gasteiger partial charge on any atom is 0.0994 e. The van der Waals surface area contributed by atoms with Crippen molar-refractivity contribution in [2.75, 3.05) is 11.9 Å². The number of nitriles is 1. The van der Waals surface area contributed by atoms with Gasteiger partial charge in [-0.2, -0.15) is 5.26 Å². The Morgan fingerprint density at radius 1 is 1.29 bits per heavy atom. The molecule has 0 aliphatic heterocycles. The molecular weight excluding hydrogens is 208 g/mol. The second kappa shape index (κ2) is 5.72. The summed E-state index contributed by atoms with van der Waals surface area (Å²) in [6.45, 7) is 8.72. The van der Waals surface area contributed by atoms with Crippen LogP contribution < -0.4 is 4.90 Å². The minimum atomic E-state index is 0.516. The van der Waals surface area contributed by atoms with Crippen molar-refractivity contribution < 1.29 is 0 Å². The normalized spacial score (nSPS) is 12.3. The van der Waals surface area contributed by atoms with Gasteiger partial charge in [-0.15, -0.1) is 0 Å². The lowest BCUT2D eigenvalue weighted by Crippen LogP contribution is -2.30. The smallest absolute Gasteiger partial charge is 0.0994 e. The molecular formula is C15H22N2. The van der Waals surface area contributed by atoms with E-state index in [1.54, 1.807) is 0 Å². The van der Waals surface area contributed by atoms with Gasteiger partial charge < -0.3 is 4.90 Å². The Balaban J connectivity index is 2.86. The molecule has 17 heavy (non-hydrogen) atoms. The highest BCUT2D eigenvalue weighted by atomic mass is 15.1. The third-order valence-electron chi connectivity index (χ3n) is 3.21. The number of aryl methyl sites for hydroxylation is 1. The minimum Gasteiger partial charge on any atom is -0.372 e. The van der Waals surface area contributed by atoms with Crippen LogP contribution in [0.25, 0.3) is 0 Å². The summed E-state index contributed by atoms with van der Waals surface area (Å²) < 4.78 is 0. The van der Waals surface area contributed by atoms with Crippen LogP contribution in [0.15, 0.2) is 18.2 Å². The van der Waals surface area contributed by atoms with Gasteiger partial charge in [0.1, 0.15) is 0 Å². The topological polar surface area (TPSA) is 27.0 Å². The Hall–Kier alpha value is -1.49. The standard InChI is InChI=1S/C15H22N2/c1-11(2)8-13(4)17(5)15-7-6-14(10-16)12(3)9-15/h6-7,9,11,13H,8H2,1-5H3. The summed E-state index contributed by atoms with van der Waals surface area (Å²) in [7, 11) is 2.12. The van der Waals surface area contributed by atoms with Gasteiger partial charge in [0.15, 0.2) is 0 Å². The molecule has 2 heteroatoms. The predicted octanol–water partition coefficient (Wildman–Crippen LogP) is 3.74. The molecule has 0 bridgehead atoms. The van der Waals surface area contributed by atoms with E-state index >= 15 is 0 Å². The Morgan fingerprint density at radius 3 is 2.41 bits per heavy atom. The number of anilines is 1. The first-order chi connectivity index (χ1) is 7.95. The van der Waals surface area contributed by atoms with Crippen LogP contribution in [0.5, 0.6) is 0 Å². The van der Waals surface area contributed by atoms with E-state index in [9.17, 15) is 0 Å². The van der Waals surface area contributed by atoms with Crippen LogP contribution in [0.3, 0.4) is 0 Å². The maximum absolute atomic E-state index is 8.91. The molecule has 1 atom stereocenters. The third kappa shape index (κ3) is 3.49. The van der Waals surface area contributed by atoms with Gasteiger partial charge in [0.25, 0.3) is 0 Å². The maximum atomic E-state index is 8.91. The van der Waals surface area contributed by atoms with E-state index in [2.05, 4.69) is 44.9 Å². The zero-order valence-electron chi connectivity index (χ0n) is 11.5. The Bertz CT molecular complexity index is 415. The fraction of sp³-hybridized carbons (Fsp3) is 0.533. The number of hydrogen-bond acceptors (Lipinski definition) is 2. The van der Waals surface area contributed by atoms with E-state index in [1.165, 1.54) is 12.1 Å². The van der Waals surface area contributed by atoms with E-state index in [4.69, 9.17) is 5.26 Å². The average Bonchev–Trinajstić information content (AvgIpc) is 2.27. The first-order valence-electron chi connectivity index (χ1n) is 6.19. The average molecular weight is 230 g/mol. The van der Waals surface area contributed by atoms with Gasteiger partial charge in [-0.3, -0.25) is 0 Å². The molecule has 0 radical (unpaired) electrons. The van der Waals surface area contributed by atoms with Crippen LogP contribution in [0, 0.1) is 24.2 Å². The van der Waals surface area contributed by atoms with Crippen LogP contribution in [0.1, 0.15) is 38.3 Å². The molecule has 2 nitrogen and oxygen atoms in total. The summed E-state index contributed by atoms with van der Waals surface area (Å²) in [4.78, 5) is 2.29. The van der Waals surface area contributed by atoms with Gasteiger partial charge in [0, 0.05) is 18.8 Å². The van der Waals surface area contributed by atoms with E-state index < -0.39 is 0 Å². The molecule has 0 saturated heterocycles. The largest absolute Gasteiger partial charge is 0.372 e. The molecule has 1 rings (SSSR count). The summed E-state index contributed by atoms with van der Waals surface area (Å²) in [5, 5.41) is 8.91. The van der Waals surface area contributed by atoms with Crippen LogP contribution in [-0.2, 0) is 0 Å². The molecule has 0 fully saturated rings. The Kier molecular flexibility index (Phi) is 4.57. The SMILES string of the molecule is Cc1cc(N(C)C(C)CC(C)C)ccc1C#N. The van der Waals surface area contributed by atoms with Crippen molar-refractivity contribution in [3.63, 3.8) is 0 Å². The number of nitrogens with zero attached hydrogens (tertiary/aromatic N) is 2. The molecule has 0 N–H and O–H groups in total. The zero-order valence-corrected chi connectivity index (χ0v) is 11.5. The molecule has 0 aliphatic rings. The van der Waals surface area contributed by atoms with Crippen molar-refractivity contribution in [1.82, 2.24) is 0 Å². The third-order valence-corrected chi connectivity index (χ3v) is 3.21. The van der Waals surface area contributed by atoms with Gasteiger partial charge in [-0.05, 0) is 49.9 Å². The van der Waals surface area contributed by atoms with Gasteiger partial charge in [0.05, 0.1) is 11.6 Å². The summed E-state index contributed by atoms with van der Waals surface area (Å²) in [5.74, 6) is 0.701. The van der Waals surface area contributed by atoms with Crippen molar-refractivity contribution in [2.24, 2.45) is 5.92 Å². The monoisotopic (exact) mass is 230 g/mol. The highest BCUT2D eigenvalue weighted by Gasteiger charge is 2.12. The second-order valence-electron chi connectivity index (χ2n) is 5.20. The lowest BCUT2D eigenvalue weighted by Gasteiger charge is -2.28. The van der Waals surface area contributed by atoms with E-state index in [-0.39, 0.29) is 0 Å². The molecule has 0 amide bonds. The second-order valence-corrected chi connectivity index (χ2v) is 5.20. The van der Waals surface area contributed by atoms with Crippen LogP contribution in [0.2, 0.25) is 0 Å². The molecule has 92 valence electrons. The van der Waals surface area contributed by atoms with E-state index in [1.807, 2.05) is 19.1 Å². The van der Waals surface area contributed by atoms with Crippen molar-refractivity contribution in [2.45, 2.75) is 40.2 Å². The van der Waals surface area contributed by atoms with Gasteiger partial charge in [0.2, 0.25) is 0 Å². The molecule has 0 aromatic heterocycles. The quantitative estimate of drug-likeness (QED) is 0.788. The Morgan fingerprint density at radius 2 is 1.94 bits per heavy atom. The first kappa shape index (κ1) is 13.6. The molecule has 0 aliphatic carbocycles. The highest BCUT2D eigenvalue weighted by molar-refractivity contribution is 5.53. The lowest BCUT2D eigenvalue weighted by molar-refractivity contribution is 0.504. The molecule has 0 spiro atoms. The first-order valence-corrected chi connectivity index (χ1v) is 6.19. The Labute approximate surface area is 105 Å². The molecule has 0 saturated carbocycles. The van der Waals surface area contributed by atoms with Crippen LogP contribution >= 0.6 is 0 Å². The molecule has 1 unspecified atom stereocenters. The fourth-order valence-corrected chi connectivity index (χ4v) is 2.09. The van der Waals surface area contributed by atoms with Crippen molar-refractivity contribution >= 4 is 5.69 Å². The molecule has 1 aromatic carbocycles. The number of hydrogen-bond donors (Lipinski definition) is 0. The summed E-state index contributed by atoms with van der Waals surface area (Å²) in [6, 6.07) is 8.75. The van der Waals surface area contributed by atoms with Crippen LogP contribution in [-0.4, -0.2) is 13.1 Å². The lowest BCUT2D eigenvalue weighted by atomic mass is 10.0. The van der Waals surface area contributed by atoms with Gasteiger partial charge in [-0.25, -0.2) is 0 Å².